The number of carboxylic acid groups (broad SMARTS) is 1. The highest BCUT2D eigenvalue weighted by Gasteiger charge is 2.54. The molecule has 4 saturated carbocycles. The summed E-state index contributed by atoms with van der Waals surface area (Å²) in [5, 5.41) is 9.34. The SMILES string of the molecule is C[C@@]12CCC[C@H]1[C@@H]1CCC3CCCC(CC(=O)O)[C@@H]3[C@H]1CC2. The van der Waals surface area contributed by atoms with Gasteiger partial charge in [-0.3, -0.25) is 4.79 Å². The normalized spacial score (nSPS) is 50.8. The van der Waals surface area contributed by atoms with Crippen LogP contribution in [0.15, 0.2) is 0 Å². The van der Waals surface area contributed by atoms with Crippen molar-refractivity contribution in [3.8, 4) is 0 Å². The summed E-state index contributed by atoms with van der Waals surface area (Å²) in [6, 6.07) is 0. The van der Waals surface area contributed by atoms with Crippen LogP contribution in [0, 0.1) is 40.9 Å². The molecule has 2 unspecified atom stereocenters. The zero-order valence-corrected chi connectivity index (χ0v) is 14.1. The molecular weight excluding hydrogens is 272 g/mol. The summed E-state index contributed by atoms with van der Waals surface area (Å²) >= 11 is 0. The smallest absolute Gasteiger partial charge is 0.303 e. The van der Waals surface area contributed by atoms with Crippen LogP contribution in [-0.4, -0.2) is 11.1 Å². The maximum atomic E-state index is 11.3. The first-order valence-electron chi connectivity index (χ1n) is 9.80. The highest BCUT2D eigenvalue weighted by molar-refractivity contribution is 5.67. The molecule has 2 heteroatoms. The summed E-state index contributed by atoms with van der Waals surface area (Å²) in [6.45, 7) is 2.56. The third kappa shape index (κ3) is 2.32. The van der Waals surface area contributed by atoms with Crippen LogP contribution >= 0.6 is 0 Å². The van der Waals surface area contributed by atoms with Gasteiger partial charge in [0.25, 0.3) is 0 Å². The molecule has 0 aliphatic heterocycles. The third-order valence-corrected chi connectivity index (χ3v) is 8.31. The fourth-order valence-electron chi connectivity index (χ4n) is 7.52. The summed E-state index contributed by atoms with van der Waals surface area (Å²) < 4.78 is 0. The average Bonchev–Trinajstić information content (AvgIpc) is 2.88. The van der Waals surface area contributed by atoms with Crippen LogP contribution in [0.4, 0.5) is 0 Å². The molecule has 1 N–H and O–H groups in total. The van der Waals surface area contributed by atoms with Crippen LogP contribution in [0.5, 0.6) is 0 Å². The zero-order valence-electron chi connectivity index (χ0n) is 14.1. The van der Waals surface area contributed by atoms with Crippen LogP contribution in [0.2, 0.25) is 0 Å². The predicted octanol–water partition coefficient (Wildman–Crippen LogP) is 5.12. The molecule has 4 fully saturated rings. The van der Waals surface area contributed by atoms with Gasteiger partial charge in [-0.15, -0.1) is 0 Å². The Labute approximate surface area is 135 Å². The molecule has 4 aliphatic carbocycles. The predicted molar refractivity (Wildman–Crippen MR) is 87.5 cm³/mol. The van der Waals surface area contributed by atoms with Gasteiger partial charge in [-0.1, -0.05) is 26.2 Å². The number of rotatable bonds is 2. The number of hydrogen-bond donors (Lipinski definition) is 1. The van der Waals surface area contributed by atoms with E-state index in [0.717, 1.165) is 29.6 Å². The summed E-state index contributed by atoms with van der Waals surface area (Å²) in [5.74, 6) is 4.26. The second-order valence-corrected chi connectivity index (χ2v) is 9.22. The molecule has 2 nitrogen and oxygen atoms in total. The van der Waals surface area contributed by atoms with E-state index >= 15 is 0 Å². The Morgan fingerprint density at radius 2 is 1.86 bits per heavy atom. The Bertz CT molecular complexity index is 445. The molecule has 0 aromatic heterocycles. The fourth-order valence-corrected chi connectivity index (χ4v) is 7.52. The van der Waals surface area contributed by atoms with Crippen LogP contribution in [0.3, 0.4) is 0 Å². The van der Waals surface area contributed by atoms with E-state index in [-0.39, 0.29) is 0 Å². The van der Waals surface area contributed by atoms with Crippen LogP contribution in [0.1, 0.15) is 77.6 Å². The van der Waals surface area contributed by atoms with Gasteiger partial charge < -0.3 is 5.11 Å². The Kier molecular flexibility index (Phi) is 3.77. The van der Waals surface area contributed by atoms with Gasteiger partial charge in [0.2, 0.25) is 0 Å². The van der Waals surface area contributed by atoms with Gasteiger partial charge in [-0.25, -0.2) is 0 Å². The topological polar surface area (TPSA) is 37.3 Å². The molecule has 0 spiro atoms. The standard InChI is InChI=1S/C20H32O2/c1-20-10-3-6-17(20)15-8-7-13-4-2-5-14(12-18(21)22)19(13)16(15)9-11-20/h13-17,19H,2-12H2,1H3,(H,21,22)/t13?,14?,15-,16+,17+,19-,20+/m1/s1. The molecule has 0 aromatic rings. The molecule has 0 amide bonds. The van der Waals surface area contributed by atoms with Gasteiger partial charge in [0.15, 0.2) is 0 Å². The van der Waals surface area contributed by atoms with E-state index in [2.05, 4.69) is 6.92 Å². The lowest BCUT2D eigenvalue weighted by atomic mass is 9.49. The van der Waals surface area contributed by atoms with Gasteiger partial charge >= 0.3 is 5.97 Å². The van der Waals surface area contributed by atoms with Crippen molar-refractivity contribution >= 4 is 5.97 Å². The van der Waals surface area contributed by atoms with Crippen LogP contribution < -0.4 is 0 Å². The zero-order chi connectivity index (χ0) is 15.3. The summed E-state index contributed by atoms with van der Waals surface area (Å²) in [6.07, 6.45) is 14.3. The number of hydrogen-bond acceptors (Lipinski definition) is 1. The summed E-state index contributed by atoms with van der Waals surface area (Å²) in [7, 11) is 0. The van der Waals surface area contributed by atoms with E-state index in [0.29, 0.717) is 17.8 Å². The first-order valence-corrected chi connectivity index (χ1v) is 9.80. The van der Waals surface area contributed by atoms with E-state index in [1.165, 1.54) is 64.2 Å². The van der Waals surface area contributed by atoms with Crippen LogP contribution in [0.25, 0.3) is 0 Å². The first-order chi connectivity index (χ1) is 10.6. The molecule has 0 bridgehead atoms. The van der Waals surface area contributed by atoms with Crippen molar-refractivity contribution in [3.05, 3.63) is 0 Å². The van der Waals surface area contributed by atoms with Crippen molar-refractivity contribution in [1.82, 2.24) is 0 Å². The van der Waals surface area contributed by atoms with E-state index in [1.54, 1.807) is 0 Å². The minimum atomic E-state index is -0.561. The van der Waals surface area contributed by atoms with E-state index in [9.17, 15) is 9.90 Å². The van der Waals surface area contributed by atoms with E-state index in [4.69, 9.17) is 0 Å². The van der Waals surface area contributed by atoms with E-state index in [1.807, 2.05) is 0 Å². The number of fused-ring (bicyclic) bond motifs is 5. The maximum absolute atomic E-state index is 11.3. The second kappa shape index (κ2) is 5.53. The minimum absolute atomic E-state index is 0.437. The Morgan fingerprint density at radius 3 is 2.68 bits per heavy atom. The minimum Gasteiger partial charge on any atom is -0.481 e. The van der Waals surface area contributed by atoms with Gasteiger partial charge in [-0.2, -0.15) is 0 Å². The Balaban J connectivity index is 1.59. The Morgan fingerprint density at radius 1 is 1.00 bits per heavy atom. The van der Waals surface area contributed by atoms with Crippen molar-refractivity contribution in [3.63, 3.8) is 0 Å². The maximum Gasteiger partial charge on any atom is 0.303 e. The van der Waals surface area contributed by atoms with Crippen molar-refractivity contribution in [2.75, 3.05) is 0 Å². The molecule has 0 heterocycles. The van der Waals surface area contributed by atoms with Crippen LogP contribution in [-0.2, 0) is 4.79 Å². The van der Waals surface area contributed by atoms with Crippen molar-refractivity contribution in [1.29, 1.82) is 0 Å². The van der Waals surface area contributed by atoms with Crippen molar-refractivity contribution in [2.24, 2.45) is 40.9 Å². The highest BCUT2D eigenvalue weighted by Crippen LogP contribution is 2.63. The van der Waals surface area contributed by atoms with Gasteiger partial charge in [0.1, 0.15) is 0 Å². The van der Waals surface area contributed by atoms with E-state index < -0.39 is 5.97 Å². The van der Waals surface area contributed by atoms with Gasteiger partial charge in [-0.05, 0) is 85.9 Å². The molecule has 124 valence electrons. The molecular formula is C20H32O2. The Hall–Kier alpha value is -0.530. The first kappa shape index (κ1) is 15.0. The van der Waals surface area contributed by atoms with Crippen molar-refractivity contribution in [2.45, 2.75) is 77.6 Å². The molecule has 4 aliphatic rings. The number of carbonyl (C=O) groups is 1. The lowest BCUT2D eigenvalue weighted by molar-refractivity contribution is -0.141. The fraction of sp³-hybridized carbons (Fsp3) is 0.950. The summed E-state index contributed by atoms with van der Waals surface area (Å²) in [4.78, 5) is 11.3. The molecule has 4 rings (SSSR count). The molecule has 0 radical (unpaired) electrons. The third-order valence-electron chi connectivity index (χ3n) is 8.31. The molecule has 7 atom stereocenters. The second-order valence-electron chi connectivity index (χ2n) is 9.22. The number of carboxylic acids is 1. The average molecular weight is 304 g/mol. The molecule has 0 saturated heterocycles. The highest BCUT2D eigenvalue weighted by atomic mass is 16.4. The lowest BCUT2D eigenvalue weighted by Crippen LogP contribution is -2.49. The van der Waals surface area contributed by atoms with Crippen molar-refractivity contribution < 1.29 is 9.90 Å². The molecule has 22 heavy (non-hydrogen) atoms. The lowest BCUT2D eigenvalue weighted by Gasteiger charge is -2.56. The largest absolute Gasteiger partial charge is 0.481 e. The van der Waals surface area contributed by atoms with Gasteiger partial charge in [0.05, 0.1) is 0 Å². The number of aliphatic carboxylic acids is 1. The van der Waals surface area contributed by atoms with Gasteiger partial charge in [0, 0.05) is 6.42 Å². The quantitative estimate of drug-likeness (QED) is 0.768. The monoisotopic (exact) mass is 304 g/mol. The summed E-state index contributed by atoms with van der Waals surface area (Å²) in [5.41, 5.74) is 0.630. The molecule has 0 aromatic carbocycles.